The van der Waals surface area contributed by atoms with Gasteiger partial charge in [0.2, 0.25) is 11.7 Å². The SMILES string of the molecule is Cc1cc(Cn2c(=O)c3c(ncn3C(C)C(=O)Nc3cccc(-c4cnc(C(F)(F)F)nc4)n3)n(C)c2=O)no1. The van der Waals surface area contributed by atoms with Crippen molar-refractivity contribution in [2.24, 2.45) is 7.05 Å². The highest BCUT2D eigenvalue weighted by atomic mass is 19.4. The minimum Gasteiger partial charge on any atom is -0.361 e. The van der Waals surface area contributed by atoms with Crippen LogP contribution in [-0.4, -0.2) is 44.7 Å². The smallest absolute Gasteiger partial charge is 0.361 e. The number of anilines is 1. The van der Waals surface area contributed by atoms with Crippen molar-refractivity contribution in [3.05, 3.63) is 81.1 Å². The number of imidazole rings is 1. The number of pyridine rings is 1. The van der Waals surface area contributed by atoms with Crippen LogP contribution in [0.3, 0.4) is 0 Å². The molecule has 0 radical (unpaired) electrons. The van der Waals surface area contributed by atoms with Crippen LogP contribution < -0.4 is 16.6 Å². The lowest BCUT2D eigenvalue weighted by atomic mass is 10.2. The molecule has 5 aromatic heterocycles. The van der Waals surface area contributed by atoms with Gasteiger partial charge in [-0.2, -0.15) is 13.2 Å². The number of nitrogens with zero attached hydrogens (tertiary/aromatic N) is 8. The Morgan fingerprint density at radius 2 is 1.88 bits per heavy atom. The van der Waals surface area contributed by atoms with E-state index >= 15 is 0 Å². The van der Waals surface area contributed by atoms with Gasteiger partial charge in [-0.05, 0) is 26.0 Å². The molecule has 206 valence electrons. The minimum atomic E-state index is -4.68. The molecule has 0 fully saturated rings. The fraction of sp³-hybridized carbons (Fsp3) is 0.250. The second kappa shape index (κ2) is 9.87. The summed E-state index contributed by atoms with van der Waals surface area (Å²) in [6.07, 6.45) is -1.43. The summed E-state index contributed by atoms with van der Waals surface area (Å²) in [6, 6.07) is 5.18. The average Bonchev–Trinajstić information content (AvgIpc) is 3.55. The fourth-order valence-electron chi connectivity index (χ4n) is 4.01. The van der Waals surface area contributed by atoms with Gasteiger partial charge in [-0.1, -0.05) is 11.2 Å². The highest BCUT2D eigenvalue weighted by molar-refractivity contribution is 5.93. The molecule has 5 rings (SSSR count). The van der Waals surface area contributed by atoms with Crippen molar-refractivity contribution in [3.8, 4) is 11.3 Å². The van der Waals surface area contributed by atoms with E-state index in [-0.39, 0.29) is 34.8 Å². The van der Waals surface area contributed by atoms with Gasteiger partial charge in [0.25, 0.3) is 5.56 Å². The molecule has 13 nitrogen and oxygen atoms in total. The molecule has 16 heteroatoms. The van der Waals surface area contributed by atoms with Crippen LogP contribution in [0.2, 0.25) is 0 Å². The Balaban J connectivity index is 1.43. The Hall–Kier alpha value is -5.15. The van der Waals surface area contributed by atoms with Crippen LogP contribution >= 0.6 is 0 Å². The Labute approximate surface area is 221 Å². The summed E-state index contributed by atoms with van der Waals surface area (Å²) in [5.74, 6) is -1.24. The molecule has 1 amide bonds. The van der Waals surface area contributed by atoms with Gasteiger partial charge in [-0.15, -0.1) is 0 Å². The van der Waals surface area contributed by atoms with Crippen molar-refractivity contribution in [1.29, 1.82) is 0 Å². The van der Waals surface area contributed by atoms with E-state index in [1.807, 2.05) is 0 Å². The summed E-state index contributed by atoms with van der Waals surface area (Å²) in [5.41, 5.74) is -0.364. The number of carbonyl (C=O) groups is 1. The number of alkyl halides is 3. The van der Waals surface area contributed by atoms with Crippen LogP contribution in [0.5, 0.6) is 0 Å². The van der Waals surface area contributed by atoms with Crippen molar-refractivity contribution in [2.75, 3.05) is 5.32 Å². The van der Waals surface area contributed by atoms with Gasteiger partial charge in [0, 0.05) is 31.1 Å². The van der Waals surface area contributed by atoms with E-state index in [4.69, 9.17) is 4.52 Å². The molecular weight excluding hydrogens is 535 g/mol. The molecule has 0 saturated heterocycles. The van der Waals surface area contributed by atoms with Crippen molar-refractivity contribution in [3.63, 3.8) is 0 Å². The number of hydrogen-bond donors (Lipinski definition) is 1. The molecule has 1 unspecified atom stereocenters. The third-order valence-electron chi connectivity index (χ3n) is 6.05. The summed E-state index contributed by atoms with van der Waals surface area (Å²) >= 11 is 0. The third-order valence-corrected chi connectivity index (χ3v) is 6.05. The number of nitrogens with one attached hydrogen (secondary N) is 1. The molecule has 0 aromatic carbocycles. The number of carbonyl (C=O) groups excluding carboxylic acids is 1. The number of fused-ring (bicyclic) bond motifs is 1. The highest BCUT2D eigenvalue weighted by Gasteiger charge is 2.34. The van der Waals surface area contributed by atoms with Crippen LogP contribution in [0.1, 0.15) is 30.2 Å². The number of aryl methyl sites for hydroxylation is 2. The van der Waals surface area contributed by atoms with E-state index in [9.17, 15) is 27.6 Å². The minimum absolute atomic E-state index is 0.0218. The molecule has 5 heterocycles. The maximum Gasteiger partial charge on any atom is 0.451 e. The first-order chi connectivity index (χ1) is 18.9. The number of hydrogen-bond acceptors (Lipinski definition) is 9. The van der Waals surface area contributed by atoms with Gasteiger partial charge in [0.15, 0.2) is 11.2 Å². The summed E-state index contributed by atoms with van der Waals surface area (Å²) in [5, 5.41) is 6.46. The van der Waals surface area contributed by atoms with E-state index in [1.165, 1.54) is 41.6 Å². The zero-order chi connectivity index (χ0) is 28.8. The number of aromatic nitrogens is 8. The van der Waals surface area contributed by atoms with E-state index in [0.717, 1.165) is 17.0 Å². The van der Waals surface area contributed by atoms with Crippen molar-refractivity contribution < 1.29 is 22.5 Å². The largest absolute Gasteiger partial charge is 0.451 e. The van der Waals surface area contributed by atoms with Gasteiger partial charge in [0.1, 0.15) is 23.3 Å². The standard InChI is InChI=1S/C24H20F3N9O4/c1-12-7-15(33-40-12)10-35-21(38)18-19(34(3)23(35)39)30-11-36(18)13(2)20(37)32-17-6-4-5-16(31-17)14-8-28-22(29-9-14)24(25,26)27/h4-9,11,13H,10H2,1-3H3,(H,31,32,37). The Kier molecular flexibility index (Phi) is 6.53. The third kappa shape index (κ3) is 4.85. The molecule has 0 aliphatic carbocycles. The summed E-state index contributed by atoms with van der Waals surface area (Å²) in [4.78, 5) is 54.5. The first-order valence-electron chi connectivity index (χ1n) is 11.7. The van der Waals surface area contributed by atoms with Crippen molar-refractivity contribution in [2.45, 2.75) is 32.6 Å². The molecular formula is C24H20F3N9O4. The van der Waals surface area contributed by atoms with E-state index in [1.54, 1.807) is 19.1 Å². The van der Waals surface area contributed by atoms with Crippen LogP contribution in [0.15, 0.2) is 57.1 Å². The van der Waals surface area contributed by atoms with Gasteiger partial charge >= 0.3 is 11.9 Å². The lowest BCUT2D eigenvalue weighted by Gasteiger charge is -2.15. The first-order valence-corrected chi connectivity index (χ1v) is 11.7. The maximum atomic E-state index is 13.4. The highest BCUT2D eigenvalue weighted by Crippen LogP contribution is 2.27. The zero-order valence-corrected chi connectivity index (χ0v) is 21.2. The normalized spacial score (nSPS) is 12.6. The maximum absolute atomic E-state index is 13.4. The van der Waals surface area contributed by atoms with Crippen LogP contribution in [-0.2, 0) is 24.6 Å². The first kappa shape index (κ1) is 26.5. The van der Waals surface area contributed by atoms with E-state index in [2.05, 4.69) is 30.4 Å². The molecule has 40 heavy (non-hydrogen) atoms. The van der Waals surface area contributed by atoms with Crippen LogP contribution in [0, 0.1) is 6.92 Å². The second-order valence-corrected chi connectivity index (χ2v) is 8.85. The van der Waals surface area contributed by atoms with Gasteiger partial charge in [-0.3, -0.25) is 18.7 Å². The predicted octanol–water partition coefficient (Wildman–Crippen LogP) is 2.31. The topological polar surface area (TPSA) is 156 Å². The number of rotatable bonds is 6. The molecule has 0 saturated carbocycles. The van der Waals surface area contributed by atoms with Gasteiger partial charge in [0.05, 0.1) is 18.6 Å². The predicted molar refractivity (Wildman–Crippen MR) is 133 cm³/mol. The average molecular weight is 555 g/mol. The molecule has 1 atom stereocenters. The lowest BCUT2D eigenvalue weighted by molar-refractivity contribution is -0.145. The molecule has 0 aliphatic rings. The second-order valence-electron chi connectivity index (χ2n) is 8.85. The lowest BCUT2D eigenvalue weighted by Crippen LogP contribution is -2.40. The van der Waals surface area contributed by atoms with Crippen molar-refractivity contribution >= 4 is 22.9 Å². The number of amides is 1. The van der Waals surface area contributed by atoms with E-state index in [0.29, 0.717) is 11.5 Å². The number of halogens is 3. The summed E-state index contributed by atoms with van der Waals surface area (Å²) < 4.78 is 46.8. The summed E-state index contributed by atoms with van der Waals surface area (Å²) in [7, 11) is 1.46. The van der Waals surface area contributed by atoms with Crippen molar-refractivity contribution in [1.82, 2.24) is 38.8 Å². The molecule has 1 N–H and O–H groups in total. The Bertz CT molecular complexity index is 1850. The molecule has 5 aromatic rings. The zero-order valence-electron chi connectivity index (χ0n) is 21.2. The van der Waals surface area contributed by atoms with E-state index < -0.39 is 35.2 Å². The molecule has 0 bridgehead atoms. The fourth-order valence-corrected chi connectivity index (χ4v) is 4.01. The monoisotopic (exact) mass is 555 g/mol. The van der Waals surface area contributed by atoms with Crippen LogP contribution in [0.25, 0.3) is 22.4 Å². The molecule has 0 spiro atoms. The summed E-state index contributed by atoms with van der Waals surface area (Å²) in [6.45, 7) is 3.06. The van der Waals surface area contributed by atoms with Crippen LogP contribution in [0.4, 0.5) is 19.0 Å². The van der Waals surface area contributed by atoms with Gasteiger partial charge < -0.3 is 14.4 Å². The Morgan fingerprint density at radius 1 is 1.15 bits per heavy atom. The Morgan fingerprint density at radius 3 is 2.52 bits per heavy atom. The van der Waals surface area contributed by atoms with Gasteiger partial charge in [-0.25, -0.2) is 24.7 Å². The quantitative estimate of drug-likeness (QED) is 0.332. The molecule has 0 aliphatic heterocycles.